The Morgan fingerprint density at radius 3 is 2.73 bits per heavy atom. The van der Waals surface area contributed by atoms with E-state index in [9.17, 15) is 4.39 Å². The number of hydrogen-bond donors (Lipinski definition) is 0. The fraction of sp³-hybridized carbons (Fsp3) is 0.417. The minimum absolute atomic E-state index is 0.294. The van der Waals surface area contributed by atoms with Gasteiger partial charge in [-0.05, 0) is 32.1 Å². The summed E-state index contributed by atoms with van der Waals surface area (Å²) in [6.45, 7) is 3.62. The van der Waals surface area contributed by atoms with Gasteiger partial charge < -0.3 is 4.90 Å². The molecular weight excluding hydrogens is 191 g/mol. The predicted molar refractivity (Wildman–Crippen MR) is 57.7 cm³/mol. The van der Waals surface area contributed by atoms with E-state index in [2.05, 4.69) is 11.8 Å². The first-order valence-corrected chi connectivity index (χ1v) is 5.04. The van der Waals surface area contributed by atoms with Crippen LogP contribution in [0.2, 0.25) is 0 Å². The zero-order valence-electron chi connectivity index (χ0n) is 9.13. The summed E-state index contributed by atoms with van der Waals surface area (Å²) in [5, 5.41) is 8.59. The SMILES string of the molecule is CCCN(C)Cc1ccc(C#N)cc1F. The van der Waals surface area contributed by atoms with Crippen LogP contribution in [0.1, 0.15) is 24.5 Å². The number of hydrogen-bond acceptors (Lipinski definition) is 2. The third kappa shape index (κ3) is 3.34. The van der Waals surface area contributed by atoms with Gasteiger partial charge in [0.25, 0.3) is 0 Å². The van der Waals surface area contributed by atoms with Crippen molar-refractivity contribution in [2.24, 2.45) is 0 Å². The van der Waals surface area contributed by atoms with E-state index in [4.69, 9.17) is 5.26 Å². The maximum absolute atomic E-state index is 13.5. The second kappa shape index (κ2) is 5.47. The van der Waals surface area contributed by atoms with E-state index in [1.54, 1.807) is 12.1 Å². The van der Waals surface area contributed by atoms with Crippen LogP contribution in [-0.2, 0) is 6.54 Å². The van der Waals surface area contributed by atoms with E-state index in [0.29, 0.717) is 17.7 Å². The van der Waals surface area contributed by atoms with Gasteiger partial charge in [-0.3, -0.25) is 0 Å². The van der Waals surface area contributed by atoms with E-state index in [1.165, 1.54) is 6.07 Å². The molecule has 1 aromatic carbocycles. The predicted octanol–water partition coefficient (Wildman–Crippen LogP) is 2.54. The van der Waals surface area contributed by atoms with Crippen LogP contribution in [0.25, 0.3) is 0 Å². The lowest BCUT2D eigenvalue weighted by Gasteiger charge is -2.15. The van der Waals surface area contributed by atoms with Crippen molar-refractivity contribution in [3.8, 4) is 6.07 Å². The zero-order valence-corrected chi connectivity index (χ0v) is 9.13. The molecule has 0 saturated carbocycles. The molecule has 3 heteroatoms. The number of benzene rings is 1. The molecule has 0 saturated heterocycles. The molecule has 0 aliphatic carbocycles. The Kier molecular flexibility index (Phi) is 4.26. The molecule has 0 unspecified atom stereocenters. The lowest BCUT2D eigenvalue weighted by Crippen LogP contribution is -2.19. The quantitative estimate of drug-likeness (QED) is 0.757. The molecule has 1 rings (SSSR count). The van der Waals surface area contributed by atoms with Crippen molar-refractivity contribution in [1.29, 1.82) is 5.26 Å². The van der Waals surface area contributed by atoms with E-state index in [0.717, 1.165) is 13.0 Å². The van der Waals surface area contributed by atoms with Gasteiger partial charge in [-0.2, -0.15) is 5.26 Å². The summed E-state index contributed by atoms with van der Waals surface area (Å²) < 4.78 is 13.5. The Morgan fingerprint density at radius 2 is 2.20 bits per heavy atom. The molecule has 15 heavy (non-hydrogen) atoms. The van der Waals surface area contributed by atoms with Gasteiger partial charge in [-0.15, -0.1) is 0 Å². The molecule has 2 nitrogen and oxygen atoms in total. The van der Waals surface area contributed by atoms with Gasteiger partial charge in [0.1, 0.15) is 5.82 Å². The smallest absolute Gasteiger partial charge is 0.129 e. The summed E-state index contributed by atoms with van der Waals surface area (Å²) in [5.74, 6) is -0.294. The summed E-state index contributed by atoms with van der Waals surface area (Å²) in [4.78, 5) is 2.06. The molecule has 0 N–H and O–H groups in total. The minimum Gasteiger partial charge on any atom is -0.302 e. The third-order valence-electron chi connectivity index (χ3n) is 2.23. The van der Waals surface area contributed by atoms with E-state index >= 15 is 0 Å². The van der Waals surface area contributed by atoms with Crippen LogP contribution in [0.15, 0.2) is 18.2 Å². The molecule has 0 fully saturated rings. The molecule has 1 aromatic rings. The highest BCUT2D eigenvalue weighted by molar-refractivity contribution is 5.32. The van der Waals surface area contributed by atoms with Crippen molar-refractivity contribution in [1.82, 2.24) is 4.90 Å². The van der Waals surface area contributed by atoms with Crippen LogP contribution in [0.5, 0.6) is 0 Å². The highest BCUT2D eigenvalue weighted by Gasteiger charge is 2.05. The second-order valence-electron chi connectivity index (χ2n) is 3.66. The van der Waals surface area contributed by atoms with Crippen molar-refractivity contribution < 1.29 is 4.39 Å². The first kappa shape index (κ1) is 11.7. The van der Waals surface area contributed by atoms with Gasteiger partial charge in [0.15, 0.2) is 0 Å². The lowest BCUT2D eigenvalue weighted by atomic mass is 10.1. The summed E-state index contributed by atoms with van der Waals surface area (Å²) in [7, 11) is 1.96. The van der Waals surface area contributed by atoms with E-state index in [-0.39, 0.29) is 5.82 Å². The Hall–Kier alpha value is -1.40. The number of nitrogens with zero attached hydrogens (tertiary/aromatic N) is 2. The molecule has 0 heterocycles. The molecule has 0 aliphatic rings. The van der Waals surface area contributed by atoms with Crippen molar-refractivity contribution in [3.05, 3.63) is 35.1 Å². The summed E-state index contributed by atoms with van der Waals surface area (Å²) >= 11 is 0. The van der Waals surface area contributed by atoms with Crippen molar-refractivity contribution in [2.75, 3.05) is 13.6 Å². The Morgan fingerprint density at radius 1 is 1.47 bits per heavy atom. The number of rotatable bonds is 4. The molecule has 0 spiro atoms. The molecule has 0 amide bonds. The van der Waals surface area contributed by atoms with Crippen LogP contribution in [-0.4, -0.2) is 18.5 Å². The first-order chi connectivity index (χ1) is 7.17. The normalized spacial score (nSPS) is 10.3. The van der Waals surface area contributed by atoms with Crippen molar-refractivity contribution in [2.45, 2.75) is 19.9 Å². The van der Waals surface area contributed by atoms with Gasteiger partial charge >= 0.3 is 0 Å². The molecule has 0 aromatic heterocycles. The highest BCUT2D eigenvalue weighted by atomic mass is 19.1. The summed E-state index contributed by atoms with van der Waals surface area (Å²) in [6, 6.07) is 6.54. The third-order valence-corrected chi connectivity index (χ3v) is 2.23. The van der Waals surface area contributed by atoms with E-state index < -0.39 is 0 Å². The molecule has 80 valence electrons. The van der Waals surface area contributed by atoms with E-state index in [1.807, 2.05) is 13.1 Å². The fourth-order valence-corrected chi connectivity index (χ4v) is 1.50. The summed E-state index contributed by atoms with van der Waals surface area (Å²) in [5.41, 5.74) is 1.01. The van der Waals surface area contributed by atoms with Crippen molar-refractivity contribution in [3.63, 3.8) is 0 Å². The van der Waals surface area contributed by atoms with Gasteiger partial charge in [0, 0.05) is 12.1 Å². The second-order valence-corrected chi connectivity index (χ2v) is 3.66. The van der Waals surface area contributed by atoms with Crippen LogP contribution in [0.3, 0.4) is 0 Å². The maximum atomic E-state index is 13.5. The molecule has 0 bridgehead atoms. The van der Waals surface area contributed by atoms with Crippen LogP contribution in [0.4, 0.5) is 4.39 Å². The average Bonchev–Trinajstić information content (AvgIpc) is 2.21. The number of nitriles is 1. The van der Waals surface area contributed by atoms with Gasteiger partial charge in [0.2, 0.25) is 0 Å². The average molecular weight is 206 g/mol. The minimum atomic E-state index is -0.294. The Bertz CT molecular complexity index is 368. The molecule has 0 atom stereocenters. The molecule has 0 aliphatic heterocycles. The monoisotopic (exact) mass is 206 g/mol. The topological polar surface area (TPSA) is 27.0 Å². The zero-order chi connectivity index (χ0) is 11.3. The number of halogens is 1. The standard InChI is InChI=1S/C12H15FN2/c1-3-6-15(2)9-11-5-4-10(8-14)7-12(11)13/h4-5,7H,3,6,9H2,1-2H3. The van der Waals surface area contributed by atoms with Crippen LogP contribution in [0, 0.1) is 17.1 Å². The Balaban J connectivity index is 2.74. The molecular formula is C12H15FN2. The maximum Gasteiger partial charge on any atom is 0.129 e. The van der Waals surface area contributed by atoms with Crippen molar-refractivity contribution >= 4 is 0 Å². The summed E-state index contributed by atoms with van der Waals surface area (Å²) in [6.07, 6.45) is 1.05. The highest BCUT2D eigenvalue weighted by Crippen LogP contribution is 2.11. The van der Waals surface area contributed by atoms with Gasteiger partial charge in [0.05, 0.1) is 11.6 Å². The largest absolute Gasteiger partial charge is 0.302 e. The Labute approximate surface area is 89.9 Å². The lowest BCUT2D eigenvalue weighted by molar-refractivity contribution is 0.322. The van der Waals surface area contributed by atoms with Gasteiger partial charge in [-0.25, -0.2) is 4.39 Å². The molecule has 0 radical (unpaired) electrons. The van der Waals surface area contributed by atoms with Crippen LogP contribution < -0.4 is 0 Å². The first-order valence-electron chi connectivity index (χ1n) is 5.04. The van der Waals surface area contributed by atoms with Gasteiger partial charge in [-0.1, -0.05) is 13.0 Å². The fourth-order valence-electron chi connectivity index (χ4n) is 1.50. The van der Waals surface area contributed by atoms with Crippen LogP contribution >= 0.6 is 0 Å².